The molecule has 2 fully saturated rings. The third kappa shape index (κ3) is 2.93. The number of hydroxylamine groups is 2. The van der Waals surface area contributed by atoms with Crippen LogP contribution in [0.1, 0.15) is 60.7 Å². The van der Waals surface area contributed by atoms with Gasteiger partial charge in [0.1, 0.15) is 5.60 Å². The van der Waals surface area contributed by atoms with Crippen LogP contribution in [0.3, 0.4) is 0 Å². The van der Waals surface area contributed by atoms with E-state index < -0.39 is 35.4 Å². The Morgan fingerprint density at radius 2 is 1.64 bits per heavy atom. The zero-order valence-corrected chi connectivity index (χ0v) is 16.0. The van der Waals surface area contributed by atoms with Crippen LogP contribution in [0.2, 0.25) is 0 Å². The molecular weight excluding hydrogens is 364 g/mol. The number of fused-ring (bicyclic) bond motifs is 3. The lowest BCUT2D eigenvalue weighted by Crippen LogP contribution is -2.42. The minimum Gasteiger partial charge on any atom is -0.444 e. The highest BCUT2D eigenvalue weighted by Gasteiger charge is 2.54. The fourth-order valence-electron chi connectivity index (χ4n) is 4.25. The zero-order chi connectivity index (χ0) is 20.2. The molecule has 2 saturated heterocycles. The first kappa shape index (κ1) is 18.5. The van der Waals surface area contributed by atoms with Gasteiger partial charge in [-0.3, -0.25) is 9.59 Å². The van der Waals surface area contributed by atoms with Gasteiger partial charge in [-0.15, -0.1) is 0 Å². The van der Waals surface area contributed by atoms with Crippen molar-refractivity contribution < 1.29 is 28.8 Å². The van der Waals surface area contributed by atoms with Crippen molar-refractivity contribution in [1.82, 2.24) is 9.96 Å². The minimum absolute atomic E-state index is 0.0976. The van der Waals surface area contributed by atoms with E-state index in [-0.39, 0.29) is 23.2 Å². The first-order valence-electron chi connectivity index (χ1n) is 9.38. The first-order chi connectivity index (χ1) is 13.2. The molecule has 8 heteroatoms. The van der Waals surface area contributed by atoms with Crippen LogP contribution in [0.15, 0.2) is 24.3 Å². The molecule has 0 aromatic heterocycles. The fraction of sp³-hybridized carbons (Fsp3) is 0.500. The summed E-state index contributed by atoms with van der Waals surface area (Å²) in [5.41, 5.74) is -0.206. The van der Waals surface area contributed by atoms with Crippen LogP contribution in [0.25, 0.3) is 0 Å². The number of amides is 3. The van der Waals surface area contributed by atoms with Gasteiger partial charge in [-0.1, -0.05) is 17.2 Å². The van der Waals surface area contributed by atoms with Gasteiger partial charge in [0.05, 0.1) is 17.0 Å². The molecule has 0 aliphatic carbocycles. The van der Waals surface area contributed by atoms with E-state index >= 15 is 0 Å². The SMILES string of the molecule is CC(C)(C)OC(=O)N1[C@@H]2CC[C@H]1[C@@H](C(=O)ON1C(=O)c3ccccc3C1=O)C2. The van der Waals surface area contributed by atoms with Crippen LogP contribution in [-0.4, -0.2) is 51.5 Å². The molecule has 0 N–H and O–H groups in total. The average Bonchev–Trinajstić information content (AvgIpc) is 3.27. The summed E-state index contributed by atoms with van der Waals surface area (Å²) in [6.07, 6.45) is 1.44. The van der Waals surface area contributed by atoms with Gasteiger partial charge < -0.3 is 14.5 Å². The smallest absolute Gasteiger partial charge is 0.410 e. The summed E-state index contributed by atoms with van der Waals surface area (Å²) >= 11 is 0. The summed E-state index contributed by atoms with van der Waals surface area (Å²) in [5, 5.41) is 0.525. The lowest BCUT2D eigenvalue weighted by molar-refractivity contribution is -0.174. The molecule has 0 saturated carbocycles. The molecule has 0 spiro atoms. The van der Waals surface area contributed by atoms with Gasteiger partial charge in [0.15, 0.2) is 0 Å². The van der Waals surface area contributed by atoms with E-state index in [4.69, 9.17) is 9.57 Å². The number of benzene rings is 1. The molecule has 1 aromatic rings. The third-order valence-electron chi connectivity index (χ3n) is 5.38. The Balaban J connectivity index is 1.46. The second-order valence-corrected chi connectivity index (χ2v) is 8.39. The quantitative estimate of drug-likeness (QED) is 0.725. The number of carbonyl (C=O) groups excluding carboxylic acids is 4. The average molecular weight is 386 g/mol. The highest BCUT2D eigenvalue weighted by molar-refractivity contribution is 6.20. The number of imide groups is 1. The van der Waals surface area contributed by atoms with Crippen molar-refractivity contribution in [3.8, 4) is 0 Å². The van der Waals surface area contributed by atoms with Crippen LogP contribution in [0.4, 0.5) is 4.79 Å². The number of hydrogen-bond donors (Lipinski definition) is 0. The maximum absolute atomic E-state index is 12.7. The Bertz CT molecular complexity index is 839. The van der Waals surface area contributed by atoms with E-state index in [1.165, 1.54) is 12.1 Å². The number of nitrogens with zero attached hydrogens (tertiary/aromatic N) is 2. The molecular formula is C20H22N2O6. The van der Waals surface area contributed by atoms with E-state index in [0.717, 1.165) is 6.42 Å². The van der Waals surface area contributed by atoms with Gasteiger partial charge in [-0.25, -0.2) is 9.59 Å². The van der Waals surface area contributed by atoms with Crippen molar-refractivity contribution in [1.29, 1.82) is 0 Å². The summed E-state index contributed by atoms with van der Waals surface area (Å²) in [7, 11) is 0. The zero-order valence-electron chi connectivity index (χ0n) is 16.0. The van der Waals surface area contributed by atoms with Gasteiger partial charge in [0.25, 0.3) is 11.8 Å². The lowest BCUT2D eigenvalue weighted by Gasteiger charge is -2.28. The summed E-state index contributed by atoms with van der Waals surface area (Å²) in [4.78, 5) is 56.9. The monoisotopic (exact) mass is 386 g/mol. The summed E-state index contributed by atoms with van der Waals surface area (Å²) in [6.45, 7) is 5.37. The molecule has 3 amide bonds. The second-order valence-electron chi connectivity index (χ2n) is 8.39. The van der Waals surface area contributed by atoms with Gasteiger partial charge >= 0.3 is 12.1 Å². The van der Waals surface area contributed by atoms with Gasteiger partial charge in [-0.05, 0) is 52.2 Å². The molecule has 3 aliphatic heterocycles. The van der Waals surface area contributed by atoms with Crippen molar-refractivity contribution in [2.24, 2.45) is 5.92 Å². The Hall–Kier alpha value is -2.90. The van der Waals surface area contributed by atoms with Gasteiger partial charge in [0.2, 0.25) is 0 Å². The standard InChI is InChI=1S/C20H22N2O6/c1-20(2,3)27-19(26)21-11-8-9-15(21)14(10-11)18(25)28-22-16(23)12-6-4-5-7-13(12)17(22)24/h4-7,11,14-15H,8-10H2,1-3H3/t11-,14+,15+/m1/s1. The summed E-state index contributed by atoms with van der Waals surface area (Å²) in [5.74, 6) is -2.56. The highest BCUT2D eigenvalue weighted by Crippen LogP contribution is 2.43. The molecule has 3 atom stereocenters. The molecule has 4 rings (SSSR count). The molecule has 1 aromatic carbocycles. The van der Waals surface area contributed by atoms with Crippen LogP contribution in [0, 0.1) is 5.92 Å². The number of ether oxygens (including phenoxy) is 1. The molecule has 3 heterocycles. The molecule has 0 unspecified atom stereocenters. The van der Waals surface area contributed by atoms with Crippen LogP contribution >= 0.6 is 0 Å². The predicted molar refractivity (Wildman–Crippen MR) is 96.0 cm³/mol. The topological polar surface area (TPSA) is 93.2 Å². The predicted octanol–water partition coefficient (Wildman–Crippen LogP) is 2.53. The van der Waals surface area contributed by atoms with E-state index in [2.05, 4.69) is 0 Å². The molecule has 28 heavy (non-hydrogen) atoms. The number of rotatable bonds is 2. The third-order valence-corrected chi connectivity index (χ3v) is 5.38. The Morgan fingerprint density at radius 3 is 2.21 bits per heavy atom. The fourth-order valence-corrected chi connectivity index (χ4v) is 4.25. The van der Waals surface area contributed by atoms with E-state index in [1.54, 1.807) is 37.8 Å². The number of carbonyl (C=O) groups is 4. The molecule has 3 aliphatic rings. The van der Waals surface area contributed by atoms with Crippen LogP contribution in [-0.2, 0) is 14.4 Å². The Kier molecular flexibility index (Phi) is 4.17. The van der Waals surface area contributed by atoms with Crippen LogP contribution < -0.4 is 0 Å². The van der Waals surface area contributed by atoms with Gasteiger partial charge in [-0.2, -0.15) is 0 Å². The molecule has 0 radical (unpaired) electrons. The lowest BCUT2D eigenvalue weighted by atomic mass is 9.89. The van der Waals surface area contributed by atoms with Crippen molar-refractivity contribution in [3.05, 3.63) is 35.4 Å². The van der Waals surface area contributed by atoms with Crippen molar-refractivity contribution in [2.45, 2.75) is 57.7 Å². The molecule has 2 bridgehead atoms. The van der Waals surface area contributed by atoms with Crippen molar-refractivity contribution in [2.75, 3.05) is 0 Å². The maximum atomic E-state index is 12.7. The van der Waals surface area contributed by atoms with E-state index in [1.807, 2.05) is 0 Å². The molecule has 8 nitrogen and oxygen atoms in total. The van der Waals surface area contributed by atoms with E-state index in [9.17, 15) is 19.2 Å². The van der Waals surface area contributed by atoms with Gasteiger partial charge in [0, 0.05) is 12.1 Å². The number of hydrogen-bond acceptors (Lipinski definition) is 6. The Morgan fingerprint density at radius 1 is 1.04 bits per heavy atom. The minimum atomic E-state index is -0.671. The first-order valence-corrected chi connectivity index (χ1v) is 9.38. The van der Waals surface area contributed by atoms with Crippen molar-refractivity contribution >= 4 is 23.9 Å². The van der Waals surface area contributed by atoms with Crippen molar-refractivity contribution in [3.63, 3.8) is 0 Å². The normalized spacial score (nSPS) is 25.9. The summed E-state index contributed by atoms with van der Waals surface area (Å²) in [6, 6.07) is 5.88. The highest BCUT2D eigenvalue weighted by atomic mass is 16.7. The van der Waals surface area contributed by atoms with E-state index in [0.29, 0.717) is 17.9 Å². The molecule has 148 valence electrons. The van der Waals surface area contributed by atoms with Crippen LogP contribution in [0.5, 0.6) is 0 Å². The maximum Gasteiger partial charge on any atom is 0.410 e. The second kappa shape index (κ2) is 6.32. The summed E-state index contributed by atoms with van der Waals surface area (Å²) < 4.78 is 5.46. The largest absolute Gasteiger partial charge is 0.444 e. The Labute approximate surface area is 162 Å².